The topological polar surface area (TPSA) is 49.4 Å². The number of amides is 2. The molecule has 2 aromatic carbocycles. The van der Waals surface area contributed by atoms with Crippen molar-refractivity contribution >= 4 is 51.1 Å². The Labute approximate surface area is 201 Å². The maximum Gasteiger partial charge on any atom is 0.242 e. The summed E-state index contributed by atoms with van der Waals surface area (Å²) in [5.41, 5.74) is 0.877. The molecule has 0 aliphatic heterocycles. The third-order valence-corrected chi connectivity index (χ3v) is 6.29. The van der Waals surface area contributed by atoms with Crippen LogP contribution in [0, 0.1) is 5.82 Å². The lowest BCUT2D eigenvalue weighted by Gasteiger charge is -2.31. The number of thioether (sulfide) groups is 1. The first-order valence-electron chi connectivity index (χ1n) is 9.84. The Morgan fingerprint density at radius 3 is 2.42 bits per heavy atom. The van der Waals surface area contributed by atoms with Gasteiger partial charge in [0.25, 0.3) is 0 Å². The molecule has 2 aromatic rings. The Balaban J connectivity index is 2.13. The van der Waals surface area contributed by atoms with Crippen molar-refractivity contribution in [3.8, 4) is 0 Å². The Morgan fingerprint density at radius 2 is 1.84 bits per heavy atom. The molecule has 0 saturated carbocycles. The molecule has 2 rings (SSSR count). The van der Waals surface area contributed by atoms with Gasteiger partial charge in [-0.15, -0.1) is 11.8 Å². The lowest BCUT2D eigenvalue weighted by Crippen LogP contribution is -2.52. The number of nitrogens with zero attached hydrogens (tertiary/aromatic N) is 1. The van der Waals surface area contributed by atoms with Crippen molar-refractivity contribution in [2.24, 2.45) is 0 Å². The molecule has 0 fully saturated rings. The summed E-state index contributed by atoms with van der Waals surface area (Å²) in [6, 6.07) is 11.5. The zero-order valence-corrected chi connectivity index (χ0v) is 21.2. The highest BCUT2D eigenvalue weighted by Gasteiger charge is 2.28. The quantitative estimate of drug-likeness (QED) is 0.470. The van der Waals surface area contributed by atoms with Crippen LogP contribution < -0.4 is 5.32 Å². The Bertz CT molecular complexity index is 899. The summed E-state index contributed by atoms with van der Waals surface area (Å²) in [4.78, 5) is 27.4. The Kier molecular flexibility index (Phi) is 9.40. The largest absolute Gasteiger partial charge is 0.350 e. The van der Waals surface area contributed by atoms with E-state index in [0.29, 0.717) is 17.1 Å². The Hall–Kier alpha value is -1.57. The van der Waals surface area contributed by atoms with Gasteiger partial charge in [0.15, 0.2) is 0 Å². The van der Waals surface area contributed by atoms with E-state index in [1.807, 2.05) is 45.0 Å². The van der Waals surface area contributed by atoms with Crippen molar-refractivity contribution in [3.05, 3.63) is 68.9 Å². The molecule has 0 aliphatic rings. The normalized spacial score (nSPS) is 12.4. The van der Waals surface area contributed by atoms with Gasteiger partial charge in [0.1, 0.15) is 11.9 Å². The van der Waals surface area contributed by atoms with Gasteiger partial charge in [-0.1, -0.05) is 45.7 Å². The molecule has 0 aliphatic carbocycles. The molecule has 1 atom stereocenters. The van der Waals surface area contributed by atoms with Crippen molar-refractivity contribution in [2.75, 3.05) is 5.75 Å². The van der Waals surface area contributed by atoms with Crippen molar-refractivity contribution in [3.63, 3.8) is 0 Å². The van der Waals surface area contributed by atoms with Crippen LogP contribution >= 0.6 is 39.3 Å². The van der Waals surface area contributed by atoms with E-state index in [9.17, 15) is 14.0 Å². The summed E-state index contributed by atoms with van der Waals surface area (Å²) < 4.78 is 14.9. The average molecular weight is 530 g/mol. The summed E-state index contributed by atoms with van der Waals surface area (Å²) in [7, 11) is 0. The van der Waals surface area contributed by atoms with Crippen molar-refractivity contribution in [1.29, 1.82) is 0 Å². The summed E-state index contributed by atoms with van der Waals surface area (Å²) in [6.07, 6.45) is 0. The number of carbonyl (C=O) groups is 2. The van der Waals surface area contributed by atoms with Gasteiger partial charge in [-0.3, -0.25) is 9.59 Å². The molecule has 8 heteroatoms. The highest BCUT2D eigenvalue weighted by Crippen LogP contribution is 2.24. The molecule has 31 heavy (non-hydrogen) atoms. The van der Waals surface area contributed by atoms with Gasteiger partial charge in [-0.2, -0.15) is 0 Å². The number of halogens is 3. The van der Waals surface area contributed by atoms with Crippen LogP contribution in [0.15, 0.2) is 46.9 Å². The zero-order chi connectivity index (χ0) is 23.2. The van der Waals surface area contributed by atoms with Crippen molar-refractivity contribution in [2.45, 2.75) is 51.6 Å². The fourth-order valence-corrected chi connectivity index (χ4v) is 4.35. The molecule has 0 saturated heterocycles. The minimum absolute atomic E-state index is 0.105. The van der Waals surface area contributed by atoms with Crippen LogP contribution in [0.5, 0.6) is 0 Å². The summed E-state index contributed by atoms with van der Waals surface area (Å²) in [5, 5.41) is 3.27. The molecule has 1 N–H and O–H groups in total. The maximum atomic E-state index is 14.0. The zero-order valence-electron chi connectivity index (χ0n) is 18.0. The summed E-state index contributed by atoms with van der Waals surface area (Å²) in [6.45, 7) is 7.70. The fourth-order valence-electron chi connectivity index (χ4n) is 2.84. The van der Waals surface area contributed by atoms with Gasteiger partial charge >= 0.3 is 0 Å². The average Bonchev–Trinajstić information content (AvgIpc) is 2.67. The second-order valence-corrected chi connectivity index (χ2v) is 10.6. The number of benzene rings is 2. The van der Waals surface area contributed by atoms with E-state index in [1.165, 1.54) is 17.8 Å². The molecule has 0 radical (unpaired) electrons. The number of hydrogen-bond donors (Lipinski definition) is 1. The lowest BCUT2D eigenvalue weighted by molar-refractivity contribution is -0.139. The van der Waals surface area contributed by atoms with E-state index in [1.54, 1.807) is 24.0 Å². The van der Waals surface area contributed by atoms with Crippen LogP contribution in [-0.4, -0.2) is 34.0 Å². The second-order valence-electron chi connectivity index (χ2n) is 8.26. The van der Waals surface area contributed by atoms with Crippen molar-refractivity contribution < 1.29 is 14.0 Å². The highest BCUT2D eigenvalue weighted by molar-refractivity contribution is 9.10. The summed E-state index contributed by atoms with van der Waals surface area (Å²) >= 11 is 10.8. The van der Waals surface area contributed by atoms with Gasteiger partial charge in [0.05, 0.1) is 5.75 Å². The van der Waals surface area contributed by atoms with E-state index in [2.05, 4.69) is 21.2 Å². The van der Waals surface area contributed by atoms with E-state index in [0.717, 1.165) is 10.0 Å². The molecule has 4 nitrogen and oxygen atoms in total. The van der Waals surface area contributed by atoms with Gasteiger partial charge in [0, 0.05) is 32.9 Å². The highest BCUT2D eigenvalue weighted by atomic mass is 79.9. The first-order chi connectivity index (χ1) is 14.5. The van der Waals surface area contributed by atoms with Crippen molar-refractivity contribution in [1.82, 2.24) is 10.2 Å². The number of carbonyl (C=O) groups excluding carboxylic acids is 2. The molecule has 0 heterocycles. The van der Waals surface area contributed by atoms with E-state index in [-0.39, 0.29) is 23.3 Å². The van der Waals surface area contributed by atoms with E-state index >= 15 is 0 Å². The molecule has 0 unspecified atom stereocenters. The van der Waals surface area contributed by atoms with Crippen LogP contribution in [0.1, 0.15) is 38.8 Å². The van der Waals surface area contributed by atoms with Crippen LogP contribution in [0.25, 0.3) is 0 Å². The SMILES string of the molecule is C[C@H](C(=O)NC(C)(C)C)N(Cc1ccc(Br)cc1)C(=O)CSCc1c(F)cccc1Cl. The molecule has 0 spiro atoms. The molecule has 0 aromatic heterocycles. The van der Waals surface area contributed by atoms with Gasteiger partial charge in [0.2, 0.25) is 11.8 Å². The van der Waals surface area contributed by atoms with Crippen LogP contribution in [-0.2, 0) is 21.9 Å². The van der Waals surface area contributed by atoms with E-state index < -0.39 is 17.4 Å². The maximum absolute atomic E-state index is 14.0. The van der Waals surface area contributed by atoms with Gasteiger partial charge in [-0.25, -0.2) is 4.39 Å². The van der Waals surface area contributed by atoms with Gasteiger partial charge < -0.3 is 10.2 Å². The number of hydrogen-bond acceptors (Lipinski definition) is 3. The standard InChI is InChI=1S/C23H27BrClFN2O2S/c1-15(22(30)27-23(2,3)4)28(12-16-8-10-17(24)11-9-16)21(29)14-31-13-18-19(25)6-5-7-20(18)26/h5-11,15H,12-14H2,1-4H3,(H,27,30)/t15-/m1/s1. The second kappa shape index (κ2) is 11.3. The first kappa shape index (κ1) is 25.7. The number of nitrogens with one attached hydrogen (secondary N) is 1. The van der Waals surface area contributed by atoms with E-state index in [4.69, 9.17) is 11.6 Å². The minimum Gasteiger partial charge on any atom is -0.350 e. The summed E-state index contributed by atoms with van der Waals surface area (Å²) in [5.74, 6) is -0.436. The third kappa shape index (κ3) is 8.13. The molecule has 0 bridgehead atoms. The van der Waals surface area contributed by atoms with Crippen LogP contribution in [0.3, 0.4) is 0 Å². The number of rotatable bonds is 8. The molecular weight excluding hydrogens is 503 g/mol. The molecule has 2 amide bonds. The monoisotopic (exact) mass is 528 g/mol. The third-order valence-electron chi connectivity index (χ3n) is 4.47. The first-order valence-corrected chi connectivity index (χ1v) is 12.2. The van der Waals surface area contributed by atoms with Crippen LogP contribution in [0.2, 0.25) is 5.02 Å². The smallest absolute Gasteiger partial charge is 0.242 e. The predicted octanol–water partition coefficient (Wildman–Crippen LogP) is 5.81. The van der Waals surface area contributed by atoms with Crippen LogP contribution in [0.4, 0.5) is 4.39 Å². The minimum atomic E-state index is -0.659. The lowest BCUT2D eigenvalue weighted by atomic mass is 10.1. The fraction of sp³-hybridized carbons (Fsp3) is 0.391. The predicted molar refractivity (Wildman–Crippen MR) is 130 cm³/mol. The molecular formula is C23H27BrClFN2O2S. The van der Waals surface area contributed by atoms with Gasteiger partial charge in [-0.05, 0) is 57.5 Å². The Morgan fingerprint density at radius 1 is 1.19 bits per heavy atom. The molecule has 168 valence electrons.